The standard InChI is InChI=1S/C14H16BrN3O2/c1-10-5-4-7-12(14(10)15)18-9-11(16-17-18)6-2-3-8-13(19)20/h4-5,7,9H,2-3,6,8H2,1H3,(H,19,20). The van der Waals surface area contributed by atoms with Crippen LogP contribution in [0.4, 0.5) is 0 Å². The van der Waals surface area contributed by atoms with E-state index < -0.39 is 5.97 Å². The van der Waals surface area contributed by atoms with Gasteiger partial charge in [0.15, 0.2) is 0 Å². The van der Waals surface area contributed by atoms with Gasteiger partial charge in [-0.25, -0.2) is 4.68 Å². The summed E-state index contributed by atoms with van der Waals surface area (Å²) in [6.07, 6.45) is 4.31. The molecule has 1 aromatic heterocycles. The van der Waals surface area contributed by atoms with Crippen molar-refractivity contribution in [3.8, 4) is 5.69 Å². The van der Waals surface area contributed by atoms with Crippen molar-refractivity contribution < 1.29 is 9.90 Å². The predicted octanol–water partition coefficient (Wildman–Crippen LogP) is 3.14. The fourth-order valence-electron chi connectivity index (χ4n) is 1.92. The van der Waals surface area contributed by atoms with Crippen LogP contribution in [-0.4, -0.2) is 26.1 Å². The normalized spacial score (nSPS) is 10.7. The van der Waals surface area contributed by atoms with Gasteiger partial charge in [-0.2, -0.15) is 0 Å². The Morgan fingerprint density at radius 1 is 1.40 bits per heavy atom. The van der Waals surface area contributed by atoms with Crippen molar-refractivity contribution in [3.05, 3.63) is 40.1 Å². The van der Waals surface area contributed by atoms with Crippen molar-refractivity contribution in [1.82, 2.24) is 15.0 Å². The van der Waals surface area contributed by atoms with Crippen LogP contribution in [0.1, 0.15) is 30.5 Å². The summed E-state index contributed by atoms with van der Waals surface area (Å²) >= 11 is 3.55. The smallest absolute Gasteiger partial charge is 0.303 e. The quantitative estimate of drug-likeness (QED) is 0.822. The van der Waals surface area contributed by atoms with Crippen LogP contribution in [0.3, 0.4) is 0 Å². The number of rotatable bonds is 6. The van der Waals surface area contributed by atoms with E-state index in [-0.39, 0.29) is 6.42 Å². The van der Waals surface area contributed by atoms with Gasteiger partial charge in [0.1, 0.15) is 0 Å². The molecule has 0 aliphatic rings. The van der Waals surface area contributed by atoms with E-state index in [4.69, 9.17) is 5.11 Å². The minimum Gasteiger partial charge on any atom is -0.481 e. The average molecular weight is 338 g/mol. The molecule has 1 N–H and O–H groups in total. The molecule has 20 heavy (non-hydrogen) atoms. The van der Waals surface area contributed by atoms with Gasteiger partial charge in [0.25, 0.3) is 0 Å². The molecule has 6 heteroatoms. The van der Waals surface area contributed by atoms with Crippen molar-refractivity contribution in [1.29, 1.82) is 0 Å². The first-order valence-corrected chi connectivity index (χ1v) is 7.25. The fourth-order valence-corrected chi connectivity index (χ4v) is 2.37. The Labute approximate surface area is 125 Å². The first-order valence-electron chi connectivity index (χ1n) is 6.46. The molecule has 0 unspecified atom stereocenters. The van der Waals surface area contributed by atoms with Gasteiger partial charge in [-0.15, -0.1) is 5.10 Å². The van der Waals surface area contributed by atoms with Crippen LogP contribution in [0.15, 0.2) is 28.9 Å². The highest BCUT2D eigenvalue weighted by Gasteiger charge is 2.08. The lowest BCUT2D eigenvalue weighted by atomic mass is 10.1. The minimum absolute atomic E-state index is 0.206. The van der Waals surface area contributed by atoms with Crippen LogP contribution >= 0.6 is 15.9 Å². The summed E-state index contributed by atoms with van der Waals surface area (Å²) in [7, 11) is 0. The van der Waals surface area contributed by atoms with Crippen molar-refractivity contribution in [2.45, 2.75) is 32.6 Å². The largest absolute Gasteiger partial charge is 0.481 e. The maximum atomic E-state index is 10.4. The number of aryl methyl sites for hydroxylation is 2. The van der Waals surface area contributed by atoms with Crippen LogP contribution < -0.4 is 0 Å². The summed E-state index contributed by atoms with van der Waals surface area (Å²) in [5, 5.41) is 16.8. The zero-order valence-electron chi connectivity index (χ0n) is 11.2. The van der Waals surface area contributed by atoms with Gasteiger partial charge in [0.05, 0.1) is 17.6 Å². The Morgan fingerprint density at radius 2 is 2.20 bits per heavy atom. The molecule has 0 spiro atoms. The molecule has 0 saturated heterocycles. The molecule has 0 aliphatic heterocycles. The Morgan fingerprint density at radius 3 is 2.95 bits per heavy atom. The number of nitrogens with zero attached hydrogens (tertiary/aromatic N) is 3. The van der Waals surface area contributed by atoms with Crippen molar-refractivity contribution >= 4 is 21.9 Å². The zero-order chi connectivity index (χ0) is 14.5. The molecule has 5 nitrogen and oxygen atoms in total. The van der Waals surface area contributed by atoms with Crippen LogP contribution in [-0.2, 0) is 11.2 Å². The number of carboxylic acids is 1. The second-order valence-electron chi connectivity index (χ2n) is 4.66. The Balaban J connectivity index is 2.02. The maximum absolute atomic E-state index is 10.4. The second kappa shape index (κ2) is 6.65. The molecule has 2 rings (SSSR count). The van der Waals surface area contributed by atoms with Crippen molar-refractivity contribution in [2.24, 2.45) is 0 Å². The first-order chi connectivity index (χ1) is 9.58. The summed E-state index contributed by atoms with van der Waals surface area (Å²) < 4.78 is 2.74. The van der Waals surface area contributed by atoms with Crippen LogP contribution in [0.25, 0.3) is 5.69 Å². The second-order valence-corrected chi connectivity index (χ2v) is 5.46. The van der Waals surface area contributed by atoms with Gasteiger partial charge in [-0.05, 0) is 53.7 Å². The highest BCUT2D eigenvalue weighted by Crippen LogP contribution is 2.24. The molecule has 1 aromatic carbocycles. The van der Waals surface area contributed by atoms with E-state index in [1.54, 1.807) is 4.68 Å². The third kappa shape index (κ3) is 3.66. The number of hydrogen-bond donors (Lipinski definition) is 1. The number of carboxylic acid groups (broad SMARTS) is 1. The third-order valence-corrected chi connectivity index (χ3v) is 4.06. The van der Waals surface area contributed by atoms with Gasteiger partial charge in [0, 0.05) is 10.9 Å². The van der Waals surface area contributed by atoms with Gasteiger partial charge < -0.3 is 5.11 Å². The van der Waals surface area contributed by atoms with Crippen LogP contribution in [0.2, 0.25) is 0 Å². The molecule has 1 heterocycles. The number of carbonyl (C=O) groups is 1. The molecule has 0 fully saturated rings. The molecule has 0 atom stereocenters. The van der Waals surface area contributed by atoms with Crippen molar-refractivity contribution in [2.75, 3.05) is 0 Å². The number of unbranched alkanes of at least 4 members (excludes halogenated alkanes) is 1. The lowest BCUT2D eigenvalue weighted by Gasteiger charge is -2.05. The summed E-state index contributed by atoms with van der Waals surface area (Å²) in [6.45, 7) is 2.03. The average Bonchev–Trinajstić information content (AvgIpc) is 2.86. The van der Waals surface area contributed by atoms with Crippen LogP contribution in [0.5, 0.6) is 0 Å². The molecule has 0 amide bonds. The predicted molar refractivity (Wildman–Crippen MR) is 79.0 cm³/mol. The van der Waals surface area contributed by atoms with Gasteiger partial charge in [-0.3, -0.25) is 4.79 Å². The first kappa shape index (κ1) is 14.7. The van der Waals surface area contributed by atoms with Crippen LogP contribution in [0, 0.1) is 6.92 Å². The Hall–Kier alpha value is -1.69. The summed E-state index contributed by atoms with van der Waals surface area (Å²) in [5.74, 6) is -0.752. The molecular weight excluding hydrogens is 322 g/mol. The lowest BCUT2D eigenvalue weighted by molar-refractivity contribution is -0.137. The zero-order valence-corrected chi connectivity index (χ0v) is 12.8. The van der Waals surface area contributed by atoms with Gasteiger partial charge in [0.2, 0.25) is 0 Å². The van der Waals surface area contributed by atoms with E-state index in [0.29, 0.717) is 6.42 Å². The van der Waals surface area contributed by atoms with Crippen molar-refractivity contribution in [3.63, 3.8) is 0 Å². The topological polar surface area (TPSA) is 68.0 Å². The van der Waals surface area contributed by atoms with E-state index in [1.165, 1.54) is 0 Å². The van der Waals surface area contributed by atoms with E-state index in [1.807, 2.05) is 31.3 Å². The third-order valence-electron chi connectivity index (χ3n) is 3.03. The number of benzene rings is 1. The molecule has 106 valence electrons. The number of aromatic nitrogens is 3. The summed E-state index contributed by atoms with van der Waals surface area (Å²) in [4.78, 5) is 10.4. The van der Waals surface area contributed by atoms with Gasteiger partial charge in [-0.1, -0.05) is 17.3 Å². The highest BCUT2D eigenvalue weighted by atomic mass is 79.9. The molecule has 0 aliphatic carbocycles. The monoisotopic (exact) mass is 337 g/mol. The molecule has 0 radical (unpaired) electrons. The fraction of sp³-hybridized carbons (Fsp3) is 0.357. The molecule has 0 bridgehead atoms. The van der Waals surface area contributed by atoms with E-state index in [2.05, 4.69) is 26.2 Å². The number of hydrogen-bond acceptors (Lipinski definition) is 3. The SMILES string of the molecule is Cc1cccc(-n2cc(CCCCC(=O)O)nn2)c1Br. The molecule has 2 aromatic rings. The lowest BCUT2D eigenvalue weighted by Crippen LogP contribution is -1.97. The number of halogens is 1. The minimum atomic E-state index is -0.752. The van der Waals surface area contributed by atoms with E-state index in [0.717, 1.165) is 34.3 Å². The Kier molecular flexibility index (Phi) is 4.89. The van der Waals surface area contributed by atoms with E-state index >= 15 is 0 Å². The highest BCUT2D eigenvalue weighted by molar-refractivity contribution is 9.10. The van der Waals surface area contributed by atoms with Gasteiger partial charge >= 0.3 is 5.97 Å². The number of aliphatic carboxylic acids is 1. The maximum Gasteiger partial charge on any atom is 0.303 e. The molecule has 0 saturated carbocycles. The van der Waals surface area contributed by atoms with E-state index in [9.17, 15) is 4.79 Å². The molecular formula is C14H16BrN3O2. The Bertz CT molecular complexity index is 610. The summed E-state index contributed by atoms with van der Waals surface area (Å²) in [6, 6.07) is 5.97. The summed E-state index contributed by atoms with van der Waals surface area (Å²) in [5.41, 5.74) is 2.97.